The monoisotopic (exact) mass is 334 g/mol. The van der Waals surface area contributed by atoms with E-state index in [4.69, 9.17) is 0 Å². The van der Waals surface area contributed by atoms with Gasteiger partial charge in [0.05, 0.1) is 0 Å². The van der Waals surface area contributed by atoms with Crippen molar-refractivity contribution in [1.29, 1.82) is 0 Å². The quantitative estimate of drug-likeness (QED) is 0.866. The van der Waals surface area contributed by atoms with Gasteiger partial charge in [-0.25, -0.2) is 0 Å². The molecule has 1 aromatic heterocycles. The second-order valence-electron chi connectivity index (χ2n) is 6.14. The molecule has 2 unspecified atom stereocenters. The van der Waals surface area contributed by atoms with Crippen molar-refractivity contribution in [2.75, 3.05) is 6.54 Å². The number of fused-ring (bicyclic) bond motifs is 1. The number of hydrogen-bond donors (Lipinski definition) is 1. The minimum absolute atomic E-state index is 0.731. The molecule has 0 aliphatic heterocycles. The Kier molecular flexibility index (Phi) is 4.47. The van der Waals surface area contributed by atoms with Crippen molar-refractivity contribution in [3.05, 3.63) is 34.9 Å². The van der Waals surface area contributed by atoms with Crippen molar-refractivity contribution in [2.45, 2.75) is 45.2 Å². The van der Waals surface area contributed by atoms with Gasteiger partial charge in [0.25, 0.3) is 0 Å². The van der Waals surface area contributed by atoms with E-state index in [1.54, 1.807) is 0 Å². The first-order valence-electron chi connectivity index (χ1n) is 7.70. The summed E-state index contributed by atoms with van der Waals surface area (Å²) in [4.78, 5) is 0. The molecule has 20 heavy (non-hydrogen) atoms. The maximum atomic E-state index is 3.74. The van der Waals surface area contributed by atoms with E-state index < -0.39 is 0 Å². The first kappa shape index (κ1) is 14.2. The van der Waals surface area contributed by atoms with Crippen molar-refractivity contribution in [3.63, 3.8) is 0 Å². The third-order valence-corrected chi connectivity index (χ3v) is 4.95. The van der Waals surface area contributed by atoms with E-state index in [1.165, 1.54) is 36.6 Å². The van der Waals surface area contributed by atoms with Crippen molar-refractivity contribution < 1.29 is 0 Å². The van der Waals surface area contributed by atoms with Crippen molar-refractivity contribution in [1.82, 2.24) is 9.88 Å². The smallest absolute Gasteiger partial charge is 0.0481 e. The molecule has 2 atom stereocenters. The highest BCUT2D eigenvalue weighted by Gasteiger charge is 2.17. The second-order valence-corrected chi connectivity index (χ2v) is 7.05. The van der Waals surface area contributed by atoms with Crippen LogP contribution in [0.5, 0.6) is 0 Å². The molecule has 1 saturated carbocycles. The molecule has 3 heteroatoms. The fourth-order valence-electron chi connectivity index (χ4n) is 3.37. The SMILES string of the molecule is CC1CCCC(NCCn2ccc3cc(Br)ccc32)C1. The molecule has 1 aromatic carbocycles. The Morgan fingerprint density at radius 1 is 1.30 bits per heavy atom. The fraction of sp³-hybridized carbons (Fsp3) is 0.529. The van der Waals surface area contributed by atoms with Gasteiger partial charge in [-0.1, -0.05) is 35.7 Å². The van der Waals surface area contributed by atoms with Crippen LogP contribution in [-0.4, -0.2) is 17.2 Å². The zero-order valence-corrected chi connectivity index (χ0v) is 13.7. The molecule has 1 heterocycles. The van der Waals surface area contributed by atoms with Crippen LogP contribution in [0.3, 0.4) is 0 Å². The zero-order chi connectivity index (χ0) is 13.9. The molecular weight excluding hydrogens is 312 g/mol. The van der Waals surface area contributed by atoms with Crippen LogP contribution in [0.4, 0.5) is 0 Å². The average Bonchev–Trinajstić information content (AvgIpc) is 2.81. The van der Waals surface area contributed by atoms with E-state index in [9.17, 15) is 0 Å². The lowest BCUT2D eigenvalue weighted by Gasteiger charge is -2.27. The molecule has 1 aliphatic rings. The van der Waals surface area contributed by atoms with Gasteiger partial charge in [0, 0.05) is 40.7 Å². The molecule has 1 aliphatic carbocycles. The highest BCUT2D eigenvalue weighted by atomic mass is 79.9. The Morgan fingerprint density at radius 2 is 2.20 bits per heavy atom. The van der Waals surface area contributed by atoms with Crippen molar-refractivity contribution >= 4 is 26.8 Å². The highest BCUT2D eigenvalue weighted by molar-refractivity contribution is 9.10. The van der Waals surface area contributed by atoms with Crippen molar-refractivity contribution in [3.8, 4) is 0 Å². The Labute approximate surface area is 129 Å². The normalized spacial score (nSPS) is 23.3. The summed E-state index contributed by atoms with van der Waals surface area (Å²) in [5.41, 5.74) is 1.33. The summed E-state index contributed by atoms with van der Waals surface area (Å²) in [5, 5.41) is 5.05. The number of nitrogens with zero attached hydrogens (tertiary/aromatic N) is 1. The summed E-state index contributed by atoms with van der Waals surface area (Å²) in [7, 11) is 0. The minimum Gasteiger partial charge on any atom is -0.346 e. The fourth-order valence-corrected chi connectivity index (χ4v) is 3.75. The molecule has 2 aromatic rings. The van der Waals surface area contributed by atoms with E-state index in [1.807, 2.05) is 0 Å². The molecule has 1 N–H and O–H groups in total. The van der Waals surface area contributed by atoms with Crippen LogP contribution in [0.25, 0.3) is 10.9 Å². The predicted molar refractivity (Wildman–Crippen MR) is 89.1 cm³/mol. The zero-order valence-electron chi connectivity index (χ0n) is 12.1. The lowest BCUT2D eigenvalue weighted by atomic mass is 9.87. The van der Waals surface area contributed by atoms with Crippen LogP contribution in [0.15, 0.2) is 34.9 Å². The number of rotatable bonds is 4. The molecule has 0 bridgehead atoms. The van der Waals surface area contributed by atoms with Gasteiger partial charge in [-0.2, -0.15) is 0 Å². The summed E-state index contributed by atoms with van der Waals surface area (Å²) in [5.74, 6) is 0.894. The lowest BCUT2D eigenvalue weighted by Crippen LogP contribution is -2.35. The number of aromatic nitrogens is 1. The van der Waals surface area contributed by atoms with Gasteiger partial charge in [0.1, 0.15) is 0 Å². The molecule has 0 radical (unpaired) electrons. The van der Waals surface area contributed by atoms with Crippen LogP contribution in [0, 0.1) is 5.92 Å². The summed E-state index contributed by atoms with van der Waals surface area (Å²) < 4.78 is 3.50. The van der Waals surface area contributed by atoms with Gasteiger partial charge in [0.15, 0.2) is 0 Å². The van der Waals surface area contributed by atoms with Gasteiger partial charge < -0.3 is 9.88 Å². The Hall–Kier alpha value is -0.800. The number of halogens is 1. The summed E-state index contributed by atoms with van der Waals surface area (Å²) in [6, 6.07) is 9.43. The van der Waals surface area contributed by atoms with Crippen LogP contribution in [0.2, 0.25) is 0 Å². The summed E-state index contributed by atoms with van der Waals surface area (Å²) in [6.07, 6.45) is 7.69. The molecule has 3 rings (SSSR count). The number of benzene rings is 1. The van der Waals surface area contributed by atoms with E-state index >= 15 is 0 Å². The molecule has 0 saturated heterocycles. The molecular formula is C17H23BrN2. The first-order valence-corrected chi connectivity index (χ1v) is 8.49. The average molecular weight is 335 g/mol. The topological polar surface area (TPSA) is 17.0 Å². The summed E-state index contributed by atoms with van der Waals surface area (Å²) in [6.45, 7) is 4.50. The van der Waals surface area contributed by atoms with Gasteiger partial charge in [-0.15, -0.1) is 0 Å². The van der Waals surface area contributed by atoms with Gasteiger partial charge >= 0.3 is 0 Å². The number of hydrogen-bond acceptors (Lipinski definition) is 1. The minimum atomic E-state index is 0.731. The Balaban J connectivity index is 1.57. The number of nitrogens with one attached hydrogen (secondary N) is 1. The Bertz CT molecular complexity index is 575. The summed E-state index contributed by atoms with van der Waals surface area (Å²) >= 11 is 3.53. The third kappa shape index (κ3) is 3.26. The molecule has 0 spiro atoms. The molecule has 108 valence electrons. The highest BCUT2D eigenvalue weighted by Crippen LogP contribution is 2.23. The standard InChI is InChI=1S/C17H23BrN2/c1-13-3-2-4-16(11-13)19-8-10-20-9-7-14-12-15(18)5-6-17(14)20/h5-7,9,12-13,16,19H,2-4,8,10-11H2,1H3. The molecule has 0 amide bonds. The van der Waals surface area contributed by atoms with Gasteiger partial charge in [-0.05, 0) is 43.0 Å². The molecule has 1 fully saturated rings. The van der Waals surface area contributed by atoms with Gasteiger partial charge in [0.2, 0.25) is 0 Å². The maximum absolute atomic E-state index is 3.74. The predicted octanol–water partition coefficient (Wildman–Crippen LogP) is 4.57. The lowest BCUT2D eigenvalue weighted by molar-refractivity contribution is 0.299. The third-order valence-electron chi connectivity index (χ3n) is 4.46. The van der Waals surface area contributed by atoms with E-state index in [2.05, 4.69) is 63.2 Å². The van der Waals surface area contributed by atoms with E-state index in [0.717, 1.165) is 29.5 Å². The van der Waals surface area contributed by atoms with E-state index in [-0.39, 0.29) is 0 Å². The van der Waals surface area contributed by atoms with E-state index in [0.29, 0.717) is 0 Å². The van der Waals surface area contributed by atoms with Crippen LogP contribution < -0.4 is 5.32 Å². The first-order chi connectivity index (χ1) is 9.72. The second kappa shape index (κ2) is 6.31. The molecule has 2 nitrogen and oxygen atoms in total. The Morgan fingerprint density at radius 3 is 3.05 bits per heavy atom. The van der Waals surface area contributed by atoms with Gasteiger partial charge in [-0.3, -0.25) is 0 Å². The van der Waals surface area contributed by atoms with Crippen LogP contribution >= 0.6 is 15.9 Å². The van der Waals surface area contributed by atoms with Crippen LogP contribution in [0.1, 0.15) is 32.6 Å². The van der Waals surface area contributed by atoms with Crippen LogP contribution in [-0.2, 0) is 6.54 Å². The maximum Gasteiger partial charge on any atom is 0.0481 e. The largest absolute Gasteiger partial charge is 0.346 e. The van der Waals surface area contributed by atoms with Crippen molar-refractivity contribution in [2.24, 2.45) is 5.92 Å².